The molecule has 0 aromatic carbocycles. The average molecular weight is 1030 g/mol. The summed E-state index contributed by atoms with van der Waals surface area (Å²) in [6, 6.07) is -0.628. The number of allylic oxidation sites excluding steroid dienone is 5. The molecule has 6 nitrogen and oxygen atoms in total. The highest BCUT2D eigenvalue weighted by Crippen LogP contribution is 2.17. The molecule has 2 atom stereocenters. The maximum absolute atomic E-state index is 12.5. The van der Waals surface area contributed by atoms with Crippen LogP contribution in [-0.4, -0.2) is 47.4 Å². The number of amides is 1. The third-order valence-electron chi connectivity index (χ3n) is 15.2. The Morgan fingerprint density at radius 1 is 0.384 bits per heavy atom. The molecule has 0 fully saturated rings. The van der Waals surface area contributed by atoms with Gasteiger partial charge >= 0.3 is 5.97 Å². The lowest BCUT2D eigenvalue weighted by atomic mass is 10.0. The minimum Gasteiger partial charge on any atom is -0.466 e. The fourth-order valence-corrected chi connectivity index (χ4v) is 10.1. The van der Waals surface area contributed by atoms with Gasteiger partial charge in [0.2, 0.25) is 5.91 Å². The first kappa shape index (κ1) is 71.1. The Bertz CT molecular complexity index is 1180. The second-order valence-electron chi connectivity index (χ2n) is 22.5. The van der Waals surface area contributed by atoms with Gasteiger partial charge in [0.1, 0.15) is 0 Å². The third-order valence-corrected chi connectivity index (χ3v) is 15.2. The zero-order valence-electron chi connectivity index (χ0n) is 49.1. The Morgan fingerprint density at radius 2 is 0.685 bits per heavy atom. The zero-order valence-corrected chi connectivity index (χ0v) is 49.1. The van der Waals surface area contributed by atoms with Crippen LogP contribution in [0.3, 0.4) is 0 Å². The number of rotatable bonds is 61. The first-order valence-electron chi connectivity index (χ1n) is 32.8. The Labute approximate surface area is 455 Å². The molecule has 3 N–H and O–H groups in total. The van der Waals surface area contributed by atoms with E-state index >= 15 is 0 Å². The maximum atomic E-state index is 12.5. The van der Waals surface area contributed by atoms with Crippen molar-refractivity contribution in [3.63, 3.8) is 0 Å². The summed E-state index contributed by atoms with van der Waals surface area (Å²) in [4.78, 5) is 24.5. The van der Waals surface area contributed by atoms with E-state index in [9.17, 15) is 19.8 Å². The molecule has 0 aromatic rings. The second-order valence-corrected chi connectivity index (χ2v) is 22.5. The number of aliphatic hydroxyl groups is 2. The van der Waals surface area contributed by atoms with Gasteiger partial charge in [-0.05, 0) is 64.2 Å². The van der Waals surface area contributed by atoms with Gasteiger partial charge in [-0.1, -0.05) is 314 Å². The number of ether oxygens (including phenoxy) is 1. The molecule has 2 unspecified atom stereocenters. The van der Waals surface area contributed by atoms with E-state index in [0.29, 0.717) is 19.4 Å². The van der Waals surface area contributed by atoms with Crippen LogP contribution < -0.4 is 5.32 Å². The number of aliphatic hydroxyl groups excluding tert-OH is 2. The van der Waals surface area contributed by atoms with E-state index in [1.54, 1.807) is 6.08 Å². The molecule has 73 heavy (non-hydrogen) atoms. The Morgan fingerprint density at radius 3 is 1.04 bits per heavy atom. The summed E-state index contributed by atoms with van der Waals surface area (Å²) in [7, 11) is 0. The second kappa shape index (κ2) is 62.6. The maximum Gasteiger partial charge on any atom is 0.305 e. The van der Waals surface area contributed by atoms with Crippen molar-refractivity contribution in [3.8, 4) is 0 Å². The van der Waals surface area contributed by atoms with Gasteiger partial charge in [0.05, 0.1) is 25.4 Å². The summed E-state index contributed by atoms with van der Waals surface area (Å²) in [5, 5.41) is 23.1. The zero-order chi connectivity index (χ0) is 52.9. The number of carbonyl (C=O) groups is 2. The number of hydrogen-bond donors (Lipinski definition) is 3. The highest BCUT2D eigenvalue weighted by atomic mass is 16.5. The Kier molecular flexibility index (Phi) is 61.0. The van der Waals surface area contributed by atoms with Crippen molar-refractivity contribution < 1.29 is 24.5 Å². The average Bonchev–Trinajstić information content (AvgIpc) is 3.39. The first-order chi connectivity index (χ1) is 36.0. The summed E-state index contributed by atoms with van der Waals surface area (Å²) in [5.74, 6) is -0.0543. The SMILES string of the molecule is CCCCCCCCCCCCC/C=C/C(O)C(CO)NC(=O)CCCCCCCCCCCCCCC/C=C\C/C=C\CCCCCCCCCCCOC(=O)CCCCCCCCCCCCCCCC. The first-order valence-corrected chi connectivity index (χ1v) is 32.8. The van der Waals surface area contributed by atoms with Crippen LogP contribution in [0.25, 0.3) is 0 Å². The van der Waals surface area contributed by atoms with E-state index in [4.69, 9.17) is 4.74 Å². The number of unbranched alkanes of at least 4 members (excludes halogenated alkanes) is 46. The van der Waals surface area contributed by atoms with Crippen LogP contribution in [0.1, 0.15) is 354 Å². The molecule has 0 bridgehead atoms. The molecule has 6 heteroatoms. The largest absolute Gasteiger partial charge is 0.466 e. The molecule has 0 saturated heterocycles. The van der Waals surface area contributed by atoms with E-state index in [1.807, 2.05) is 6.08 Å². The van der Waals surface area contributed by atoms with E-state index in [1.165, 1.54) is 283 Å². The van der Waals surface area contributed by atoms with Gasteiger partial charge in [0, 0.05) is 12.8 Å². The molecule has 0 aliphatic heterocycles. The van der Waals surface area contributed by atoms with Gasteiger partial charge in [-0.2, -0.15) is 0 Å². The Balaban J connectivity index is 3.41. The highest BCUT2D eigenvalue weighted by Gasteiger charge is 2.18. The lowest BCUT2D eigenvalue weighted by Gasteiger charge is -2.20. The molecule has 0 aliphatic carbocycles. The summed E-state index contributed by atoms with van der Waals surface area (Å²) in [5.41, 5.74) is 0. The van der Waals surface area contributed by atoms with Gasteiger partial charge in [0.25, 0.3) is 0 Å². The van der Waals surface area contributed by atoms with Crippen LogP contribution in [0.15, 0.2) is 36.5 Å². The van der Waals surface area contributed by atoms with E-state index in [-0.39, 0.29) is 18.5 Å². The van der Waals surface area contributed by atoms with Crippen molar-refractivity contribution in [2.45, 2.75) is 366 Å². The normalized spacial score (nSPS) is 12.8. The minimum atomic E-state index is -0.844. The van der Waals surface area contributed by atoms with Gasteiger partial charge in [-0.15, -0.1) is 0 Å². The molecule has 430 valence electrons. The predicted molar refractivity (Wildman–Crippen MR) is 319 cm³/mol. The summed E-state index contributed by atoms with van der Waals surface area (Å²) in [6.07, 6.45) is 79.2. The molecule has 0 rings (SSSR count). The lowest BCUT2D eigenvalue weighted by molar-refractivity contribution is -0.143. The molecule has 0 spiro atoms. The predicted octanol–water partition coefficient (Wildman–Crippen LogP) is 20.8. The third kappa shape index (κ3) is 59.2. The fraction of sp³-hybridized carbons (Fsp3) is 0.881. The van der Waals surface area contributed by atoms with E-state index in [0.717, 1.165) is 44.9 Å². The van der Waals surface area contributed by atoms with Gasteiger partial charge in [-0.25, -0.2) is 0 Å². The van der Waals surface area contributed by atoms with Gasteiger partial charge in [-0.3, -0.25) is 9.59 Å². The fourth-order valence-electron chi connectivity index (χ4n) is 10.1. The molecule has 0 saturated carbocycles. The van der Waals surface area contributed by atoms with Gasteiger partial charge < -0.3 is 20.3 Å². The summed E-state index contributed by atoms with van der Waals surface area (Å²) in [6.45, 7) is 4.92. The highest BCUT2D eigenvalue weighted by molar-refractivity contribution is 5.76. The minimum absolute atomic E-state index is 0.0140. The smallest absolute Gasteiger partial charge is 0.305 e. The van der Waals surface area contributed by atoms with Crippen molar-refractivity contribution in [2.24, 2.45) is 0 Å². The summed E-state index contributed by atoms with van der Waals surface area (Å²) >= 11 is 0. The molecule has 0 aliphatic rings. The van der Waals surface area contributed by atoms with E-state index < -0.39 is 12.1 Å². The number of esters is 1. The topological polar surface area (TPSA) is 95.9 Å². The summed E-state index contributed by atoms with van der Waals surface area (Å²) < 4.78 is 5.48. The molecule has 0 radical (unpaired) electrons. The van der Waals surface area contributed by atoms with Crippen LogP contribution in [0, 0.1) is 0 Å². The monoisotopic (exact) mass is 1030 g/mol. The van der Waals surface area contributed by atoms with Gasteiger partial charge in [0.15, 0.2) is 0 Å². The van der Waals surface area contributed by atoms with Crippen LogP contribution in [-0.2, 0) is 14.3 Å². The van der Waals surface area contributed by atoms with Crippen molar-refractivity contribution >= 4 is 11.9 Å². The molecule has 1 amide bonds. The van der Waals surface area contributed by atoms with Crippen molar-refractivity contribution in [1.82, 2.24) is 5.32 Å². The molecular weight excluding hydrogens is 899 g/mol. The molecule has 0 aromatic heterocycles. The van der Waals surface area contributed by atoms with Crippen LogP contribution in [0.4, 0.5) is 0 Å². The van der Waals surface area contributed by atoms with Crippen molar-refractivity contribution in [1.29, 1.82) is 0 Å². The lowest BCUT2D eigenvalue weighted by Crippen LogP contribution is -2.45. The Hall–Kier alpha value is -1.92. The molecule has 0 heterocycles. The quantitative estimate of drug-likeness (QED) is 0.0320. The van der Waals surface area contributed by atoms with Crippen molar-refractivity contribution in [3.05, 3.63) is 36.5 Å². The van der Waals surface area contributed by atoms with Crippen LogP contribution in [0.5, 0.6) is 0 Å². The number of nitrogens with one attached hydrogen (secondary N) is 1. The van der Waals surface area contributed by atoms with E-state index in [2.05, 4.69) is 43.5 Å². The number of carbonyl (C=O) groups excluding carboxylic acids is 2. The molecular formula is C67H127NO5. The standard InChI is InChI=1S/C67H127NO5/c1-3-5-7-9-11-13-15-17-37-41-45-49-53-57-61-67(72)73-62-58-54-50-46-42-38-34-32-30-28-26-24-22-20-18-19-21-23-25-27-29-31-33-36-40-44-48-52-56-60-66(71)68-64(63-69)65(70)59-55-51-47-43-39-35-16-14-12-10-8-6-4-2/h18,20,24,26,55,59,64-65,69-70H,3-17,19,21-23,25,27-54,56-58,60-63H2,1-2H3,(H,68,71)/b20-18-,26-24-,59-55+. The van der Waals surface area contributed by atoms with Crippen LogP contribution >= 0.6 is 0 Å². The van der Waals surface area contributed by atoms with Crippen molar-refractivity contribution in [2.75, 3.05) is 13.2 Å². The number of hydrogen-bond acceptors (Lipinski definition) is 5. The van der Waals surface area contributed by atoms with Crippen LogP contribution in [0.2, 0.25) is 0 Å².